The molecule has 0 unspecified atom stereocenters. The van der Waals surface area contributed by atoms with Crippen molar-refractivity contribution >= 4 is 17.3 Å². The molecular weight excluding hydrogens is 296 g/mol. The third kappa shape index (κ3) is 2.65. The zero-order valence-corrected chi connectivity index (χ0v) is 10.8. The first-order valence-electron chi connectivity index (χ1n) is 5.77. The molecule has 1 amide bonds. The lowest BCUT2D eigenvalue weighted by Gasteiger charge is -2.03. The Kier molecular flexibility index (Phi) is 3.67. The van der Waals surface area contributed by atoms with Gasteiger partial charge in [-0.15, -0.1) is 0 Å². The van der Waals surface area contributed by atoms with Crippen LogP contribution < -0.4 is 11.3 Å². The lowest BCUT2D eigenvalue weighted by molar-refractivity contribution is -0.422. The quantitative estimate of drug-likeness (QED) is 0.631. The highest BCUT2D eigenvalue weighted by Crippen LogP contribution is 2.31. The van der Waals surface area contributed by atoms with Crippen LogP contribution in [0.15, 0.2) is 35.3 Å². The summed E-state index contributed by atoms with van der Waals surface area (Å²) in [6.45, 7) is 0. The van der Waals surface area contributed by atoms with Crippen molar-refractivity contribution < 1.29 is 14.6 Å². The number of hydrogen-bond acceptors (Lipinski definition) is 6. The number of amides is 1. The zero-order valence-electron chi connectivity index (χ0n) is 10.8. The van der Waals surface area contributed by atoms with Gasteiger partial charge < -0.3 is 10.7 Å². The monoisotopic (exact) mass is 304 g/mol. The molecule has 1 aromatic carbocycles. The Hall–Kier alpha value is -3.56. The number of pyridine rings is 1. The molecule has 2 aromatic rings. The van der Waals surface area contributed by atoms with E-state index < -0.39 is 32.7 Å². The van der Waals surface area contributed by atoms with Crippen molar-refractivity contribution in [3.8, 4) is 11.1 Å². The molecule has 0 spiro atoms. The average molecular weight is 304 g/mol. The minimum atomic E-state index is -0.959. The van der Waals surface area contributed by atoms with E-state index in [1.165, 1.54) is 12.3 Å². The molecule has 0 saturated heterocycles. The average Bonchev–Trinajstić information content (AvgIpc) is 2.46. The molecule has 0 aliphatic rings. The lowest BCUT2D eigenvalue weighted by Crippen LogP contribution is -2.23. The summed E-state index contributed by atoms with van der Waals surface area (Å²) in [5, 5.41) is 21.7. The SMILES string of the molecule is NC(=O)c1cc(-c2ccc([N+](=O)[O-])c([N+](=O)[O-])c2)c[nH]c1=O. The summed E-state index contributed by atoms with van der Waals surface area (Å²) in [5.74, 6) is -0.959. The molecule has 3 N–H and O–H groups in total. The predicted molar refractivity (Wildman–Crippen MR) is 74.3 cm³/mol. The Balaban J connectivity index is 2.64. The molecule has 112 valence electrons. The topological polar surface area (TPSA) is 162 Å². The first-order chi connectivity index (χ1) is 10.3. The highest BCUT2D eigenvalue weighted by molar-refractivity contribution is 5.93. The fourth-order valence-electron chi connectivity index (χ4n) is 1.84. The van der Waals surface area contributed by atoms with Gasteiger partial charge in [-0.2, -0.15) is 0 Å². The van der Waals surface area contributed by atoms with E-state index in [0.29, 0.717) is 0 Å². The number of benzene rings is 1. The van der Waals surface area contributed by atoms with E-state index in [9.17, 15) is 29.8 Å². The number of aromatic amines is 1. The third-order valence-corrected chi connectivity index (χ3v) is 2.87. The Morgan fingerprint density at radius 3 is 2.23 bits per heavy atom. The van der Waals surface area contributed by atoms with Gasteiger partial charge in [0.15, 0.2) is 0 Å². The van der Waals surface area contributed by atoms with Gasteiger partial charge in [0.25, 0.3) is 11.5 Å². The van der Waals surface area contributed by atoms with Crippen LogP contribution in [0.1, 0.15) is 10.4 Å². The molecule has 10 heteroatoms. The number of nitrogens with two attached hydrogens (primary N) is 1. The zero-order chi connectivity index (χ0) is 16.4. The molecule has 0 atom stereocenters. The second-order valence-electron chi connectivity index (χ2n) is 4.21. The van der Waals surface area contributed by atoms with E-state index in [1.807, 2.05) is 0 Å². The van der Waals surface area contributed by atoms with E-state index in [2.05, 4.69) is 4.98 Å². The molecule has 0 saturated carbocycles. The smallest absolute Gasteiger partial charge is 0.346 e. The van der Waals surface area contributed by atoms with E-state index in [4.69, 9.17) is 5.73 Å². The number of H-pyrrole nitrogens is 1. The first kappa shape index (κ1) is 14.8. The van der Waals surface area contributed by atoms with Gasteiger partial charge in [0.2, 0.25) is 0 Å². The second-order valence-corrected chi connectivity index (χ2v) is 4.21. The summed E-state index contributed by atoms with van der Waals surface area (Å²) in [6.07, 6.45) is 1.22. The summed E-state index contributed by atoms with van der Waals surface area (Å²) >= 11 is 0. The predicted octanol–water partition coefficient (Wildman–Crippen LogP) is 0.957. The molecule has 10 nitrogen and oxygen atoms in total. The number of nitrogens with one attached hydrogen (secondary N) is 1. The summed E-state index contributed by atoms with van der Waals surface area (Å²) < 4.78 is 0. The van der Waals surface area contributed by atoms with E-state index in [1.54, 1.807) is 0 Å². The van der Waals surface area contributed by atoms with Crippen molar-refractivity contribution in [2.75, 3.05) is 0 Å². The molecular formula is C12H8N4O6. The van der Waals surface area contributed by atoms with Crippen molar-refractivity contribution in [2.24, 2.45) is 5.73 Å². The Morgan fingerprint density at radius 1 is 1.05 bits per heavy atom. The Labute approximate surface area is 121 Å². The van der Waals surface area contributed by atoms with Gasteiger partial charge >= 0.3 is 11.4 Å². The fraction of sp³-hybridized carbons (Fsp3) is 0. The summed E-state index contributed by atoms with van der Waals surface area (Å²) in [6, 6.07) is 4.38. The van der Waals surface area contributed by atoms with Gasteiger partial charge in [0.05, 0.1) is 9.85 Å². The van der Waals surface area contributed by atoms with Crippen LogP contribution in [0.5, 0.6) is 0 Å². The molecule has 1 heterocycles. The Morgan fingerprint density at radius 2 is 1.68 bits per heavy atom. The van der Waals surface area contributed by atoms with Crippen LogP contribution in [0, 0.1) is 20.2 Å². The van der Waals surface area contributed by atoms with Crippen molar-refractivity contribution in [1.82, 2.24) is 4.98 Å². The van der Waals surface area contributed by atoms with Crippen LogP contribution in [0.25, 0.3) is 11.1 Å². The van der Waals surface area contributed by atoms with Crippen LogP contribution in [0.4, 0.5) is 11.4 Å². The second kappa shape index (κ2) is 5.44. The van der Waals surface area contributed by atoms with E-state index >= 15 is 0 Å². The van der Waals surface area contributed by atoms with Crippen molar-refractivity contribution in [2.45, 2.75) is 0 Å². The molecule has 1 aromatic heterocycles. The molecule has 0 fully saturated rings. The maximum absolute atomic E-state index is 11.4. The molecule has 0 bridgehead atoms. The highest BCUT2D eigenvalue weighted by Gasteiger charge is 2.24. The van der Waals surface area contributed by atoms with Crippen LogP contribution in [-0.2, 0) is 0 Å². The molecule has 22 heavy (non-hydrogen) atoms. The lowest BCUT2D eigenvalue weighted by atomic mass is 10.0. The Bertz CT molecular complexity index is 857. The maximum atomic E-state index is 11.4. The van der Waals surface area contributed by atoms with Crippen LogP contribution in [0.3, 0.4) is 0 Å². The normalized spacial score (nSPS) is 10.2. The van der Waals surface area contributed by atoms with Gasteiger partial charge in [-0.05, 0) is 23.3 Å². The molecule has 0 radical (unpaired) electrons. The summed E-state index contributed by atoms with van der Waals surface area (Å²) in [5.41, 5.74) is 3.14. The number of primary amides is 1. The van der Waals surface area contributed by atoms with E-state index in [-0.39, 0.29) is 16.7 Å². The molecule has 2 rings (SSSR count). The maximum Gasteiger partial charge on any atom is 0.346 e. The highest BCUT2D eigenvalue weighted by atomic mass is 16.6. The van der Waals surface area contributed by atoms with Crippen molar-refractivity contribution in [3.63, 3.8) is 0 Å². The number of rotatable bonds is 4. The number of hydrogen-bond donors (Lipinski definition) is 2. The largest absolute Gasteiger partial charge is 0.365 e. The minimum absolute atomic E-state index is 0.219. The van der Waals surface area contributed by atoms with Crippen LogP contribution >= 0.6 is 0 Å². The van der Waals surface area contributed by atoms with Gasteiger partial charge in [0, 0.05) is 18.3 Å². The number of carbonyl (C=O) groups excluding carboxylic acids is 1. The van der Waals surface area contributed by atoms with Crippen molar-refractivity contribution in [3.05, 3.63) is 66.6 Å². The summed E-state index contributed by atoms with van der Waals surface area (Å²) in [4.78, 5) is 44.7. The first-order valence-corrected chi connectivity index (χ1v) is 5.77. The van der Waals surface area contributed by atoms with Crippen molar-refractivity contribution in [1.29, 1.82) is 0 Å². The number of nitrogens with zero attached hydrogens (tertiary/aromatic N) is 2. The van der Waals surface area contributed by atoms with Crippen LogP contribution in [-0.4, -0.2) is 20.7 Å². The summed E-state index contributed by atoms with van der Waals surface area (Å²) in [7, 11) is 0. The van der Waals surface area contributed by atoms with Gasteiger partial charge in [0.1, 0.15) is 5.56 Å². The number of nitro groups is 2. The fourth-order valence-corrected chi connectivity index (χ4v) is 1.84. The third-order valence-electron chi connectivity index (χ3n) is 2.87. The van der Waals surface area contributed by atoms with Gasteiger partial charge in [-0.3, -0.25) is 29.8 Å². The van der Waals surface area contributed by atoms with Gasteiger partial charge in [-0.25, -0.2) is 0 Å². The number of aromatic nitrogens is 1. The van der Waals surface area contributed by atoms with E-state index in [0.717, 1.165) is 18.2 Å². The standard InChI is InChI=1S/C12H8N4O6/c13-11(17)8-3-7(5-14-12(8)18)6-1-2-9(15(19)20)10(4-6)16(21)22/h1-5H,(H2,13,17)(H,14,18). The van der Waals surface area contributed by atoms with Crippen LogP contribution in [0.2, 0.25) is 0 Å². The molecule has 0 aliphatic carbocycles. The van der Waals surface area contributed by atoms with Gasteiger partial charge in [-0.1, -0.05) is 0 Å². The number of nitro benzene ring substituents is 2. The number of carbonyl (C=O) groups is 1. The molecule has 0 aliphatic heterocycles. The minimum Gasteiger partial charge on any atom is -0.365 e.